The molecule has 54 valence electrons. The van der Waals surface area contributed by atoms with Crippen molar-refractivity contribution in [2.45, 2.75) is 0 Å². The number of nitrogens with zero attached hydrogens (tertiary/aromatic N) is 1. The van der Waals surface area contributed by atoms with E-state index >= 15 is 0 Å². The summed E-state index contributed by atoms with van der Waals surface area (Å²) in [6.45, 7) is 7.02. The number of hydrogen-bond donors (Lipinski definition) is 1. The van der Waals surface area contributed by atoms with Crippen LogP contribution in [0.2, 0.25) is 0 Å². The summed E-state index contributed by atoms with van der Waals surface area (Å²) in [5.74, 6) is 0. The lowest BCUT2D eigenvalue weighted by Crippen LogP contribution is -1.79. The molecule has 0 atom stereocenters. The molecule has 0 aromatic rings. The molecule has 0 unspecified atom stereocenters. The summed E-state index contributed by atoms with van der Waals surface area (Å²) in [4.78, 5) is 0. The molecule has 0 saturated heterocycles. The van der Waals surface area contributed by atoms with Crippen molar-refractivity contribution < 1.29 is 0 Å². The van der Waals surface area contributed by atoms with E-state index in [1.54, 1.807) is 6.08 Å². The number of thiol groups is 1. The molecule has 0 spiro atoms. The Morgan fingerprint density at radius 1 is 1.40 bits per heavy atom. The minimum Gasteiger partial charge on any atom is -0.227 e. The van der Waals surface area contributed by atoms with Crippen molar-refractivity contribution in [1.82, 2.24) is 0 Å². The lowest BCUT2D eigenvalue weighted by atomic mass is 10.2. The van der Waals surface area contributed by atoms with Crippen molar-refractivity contribution in [2.24, 2.45) is 4.40 Å². The minimum atomic E-state index is 0.521. The Bertz CT molecular complexity index is 194. The third kappa shape index (κ3) is 2.90. The first-order chi connectivity index (χ1) is 4.76. The van der Waals surface area contributed by atoms with Gasteiger partial charge in [0.25, 0.3) is 0 Å². The topological polar surface area (TPSA) is 12.4 Å². The molecule has 0 aliphatic carbocycles. The molecule has 0 amide bonds. The zero-order valence-electron chi connectivity index (χ0n) is 5.42. The van der Waals surface area contributed by atoms with E-state index in [2.05, 4.69) is 30.4 Å². The quantitative estimate of drug-likeness (QED) is 0.383. The second-order valence-corrected chi connectivity index (χ2v) is 2.09. The van der Waals surface area contributed by atoms with Crippen LogP contribution in [0.1, 0.15) is 0 Å². The monoisotopic (exact) mass is 173 g/mol. The zero-order chi connectivity index (χ0) is 7.98. The smallest absolute Gasteiger partial charge is 0.0487 e. The maximum absolute atomic E-state index is 5.68. The van der Waals surface area contributed by atoms with Crippen molar-refractivity contribution in [3.8, 4) is 0 Å². The van der Waals surface area contributed by atoms with Crippen LogP contribution in [0.15, 0.2) is 40.3 Å². The van der Waals surface area contributed by atoms with E-state index in [4.69, 9.17) is 11.6 Å². The van der Waals surface area contributed by atoms with Gasteiger partial charge in [0.05, 0.1) is 0 Å². The molecule has 10 heavy (non-hydrogen) atoms. The predicted octanol–water partition coefficient (Wildman–Crippen LogP) is 2.77. The van der Waals surface area contributed by atoms with Gasteiger partial charge in [-0.15, -0.1) is 0 Å². The van der Waals surface area contributed by atoms with Crippen LogP contribution in [0.25, 0.3) is 0 Å². The summed E-state index contributed by atoms with van der Waals surface area (Å²) < 4.78 is 3.48. The molecular weight excluding hydrogens is 166 g/mol. The molecule has 0 radical (unpaired) electrons. The van der Waals surface area contributed by atoms with Crippen molar-refractivity contribution in [3.63, 3.8) is 0 Å². The van der Waals surface area contributed by atoms with Gasteiger partial charge in [-0.05, 0) is 12.8 Å². The highest BCUT2D eigenvalue weighted by Crippen LogP contribution is 2.09. The summed E-state index contributed by atoms with van der Waals surface area (Å²) in [6.07, 6.45) is 4.61. The summed E-state index contributed by atoms with van der Waals surface area (Å²) in [7, 11) is 0. The fraction of sp³-hybridized carbons (Fsp3) is 0. The Hall–Kier alpha value is -0.470. The Labute approximate surface area is 71.3 Å². The van der Waals surface area contributed by atoms with E-state index in [1.807, 2.05) is 0 Å². The van der Waals surface area contributed by atoms with Gasteiger partial charge in [0.15, 0.2) is 0 Å². The average Bonchev–Trinajstić information content (AvgIpc) is 1.99. The highest BCUT2D eigenvalue weighted by molar-refractivity contribution is 7.79. The van der Waals surface area contributed by atoms with E-state index < -0.39 is 0 Å². The lowest BCUT2D eigenvalue weighted by Gasteiger charge is -1.91. The minimum absolute atomic E-state index is 0.521. The van der Waals surface area contributed by atoms with Crippen LogP contribution in [-0.2, 0) is 0 Å². The van der Waals surface area contributed by atoms with Crippen molar-refractivity contribution >= 4 is 30.6 Å². The highest BCUT2D eigenvalue weighted by Gasteiger charge is 1.91. The molecule has 1 nitrogen and oxygen atoms in total. The second kappa shape index (κ2) is 5.33. The van der Waals surface area contributed by atoms with Crippen LogP contribution in [0.4, 0.5) is 0 Å². The van der Waals surface area contributed by atoms with Crippen molar-refractivity contribution in [1.29, 1.82) is 0 Å². The molecule has 0 N–H and O–H groups in total. The maximum Gasteiger partial charge on any atom is 0.0487 e. The zero-order valence-corrected chi connectivity index (χ0v) is 7.07. The van der Waals surface area contributed by atoms with Crippen LogP contribution in [0, 0.1) is 0 Å². The van der Waals surface area contributed by atoms with E-state index in [0.29, 0.717) is 10.6 Å². The SMILES string of the molecule is C=C/C(Cl)=C(C=C)/C=N/S. The second-order valence-electron chi connectivity index (χ2n) is 1.46. The van der Waals surface area contributed by atoms with Gasteiger partial charge in [0.2, 0.25) is 0 Å². The summed E-state index contributed by atoms with van der Waals surface area (Å²) in [6, 6.07) is 0. The van der Waals surface area contributed by atoms with E-state index in [9.17, 15) is 0 Å². The molecule has 0 saturated carbocycles. The molecule has 0 aromatic carbocycles. The van der Waals surface area contributed by atoms with Crippen molar-refractivity contribution in [3.05, 3.63) is 35.9 Å². The normalized spacial score (nSPS) is 13.0. The van der Waals surface area contributed by atoms with Gasteiger partial charge in [-0.25, -0.2) is 4.40 Å². The number of rotatable bonds is 3. The number of halogens is 1. The van der Waals surface area contributed by atoms with Gasteiger partial charge in [-0.1, -0.05) is 36.9 Å². The third-order valence-corrected chi connectivity index (χ3v) is 1.36. The maximum atomic E-state index is 5.68. The van der Waals surface area contributed by atoms with E-state index in [0.717, 1.165) is 0 Å². The number of allylic oxidation sites excluding steroid dienone is 4. The Kier molecular flexibility index (Phi) is 5.08. The summed E-state index contributed by atoms with van der Waals surface area (Å²) in [5.41, 5.74) is 0.715. The standard InChI is InChI=1S/C7H8ClNS/c1-3-6(5-9-10)7(8)4-2/h3-5,10H,1-2H2/b7-6-,9-5+. The van der Waals surface area contributed by atoms with E-state index in [-0.39, 0.29) is 0 Å². The molecule has 0 aliphatic rings. The first-order valence-electron chi connectivity index (χ1n) is 2.58. The predicted molar refractivity (Wildman–Crippen MR) is 50.8 cm³/mol. The van der Waals surface area contributed by atoms with Crippen LogP contribution < -0.4 is 0 Å². The van der Waals surface area contributed by atoms with Crippen molar-refractivity contribution in [2.75, 3.05) is 0 Å². The molecule has 0 fully saturated rings. The van der Waals surface area contributed by atoms with E-state index in [1.165, 1.54) is 12.3 Å². The molecule has 0 heterocycles. The van der Waals surface area contributed by atoms with Crippen LogP contribution >= 0.6 is 24.4 Å². The largest absolute Gasteiger partial charge is 0.227 e. The molecule has 0 bridgehead atoms. The number of hydrogen-bond acceptors (Lipinski definition) is 2. The summed E-state index contributed by atoms with van der Waals surface area (Å²) in [5, 5.41) is 0.521. The molecule has 3 heteroatoms. The lowest BCUT2D eigenvalue weighted by molar-refractivity contribution is 1.77. The summed E-state index contributed by atoms with van der Waals surface area (Å²) >= 11 is 9.32. The van der Waals surface area contributed by atoms with Gasteiger partial charge in [-0.2, -0.15) is 0 Å². The van der Waals surface area contributed by atoms with Crippen LogP contribution in [-0.4, -0.2) is 6.21 Å². The first-order valence-corrected chi connectivity index (χ1v) is 3.36. The van der Waals surface area contributed by atoms with Gasteiger partial charge in [-0.3, -0.25) is 0 Å². The average molecular weight is 174 g/mol. The molecule has 0 rings (SSSR count). The molecule has 0 aromatic heterocycles. The Morgan fingerprint density at radius 2 is 2.00 bits per heavy atom. The van der Waals surface area contributed by atoms with Gasteiger partial charge >= 0.3 is 0 Å². The van der Waals surface area contributed by atoms with Crippen LogP contribution in [0.5, 0.6) is 0 Å². The van der Waals surface area contributed by atoms with Gasteiger partial charge in [0, 0.05) is 16.8 Å². The fourth-order valence-electron chi connectivity index (χ4n) is 0.392. The fourth-order valence-corrected chi connectivity index (χ4v) is 0.642. The third-order valence-electron chi connectivity index (χ3n) is 0.872. The Morgan fingerprint density at radius 3 is 2.30 bits per heavy atom. The van der Waals surface area contributed by atoms with Crippen LogP contribution in [0.3, 0.4) is 0 Å². The van der Waals surface area contributed by atoms with Gasteiger partial charge < -0.3 is 0 Å². The Balaban J connectivity index is 4.61. The molecule has 0 aliphatic heterocycles. The van der Waals surface area contributed by atoms with Gasteiger partial charge in [0.1, 0.15) is 0 Å². The first kappa shape index (κ1) is 9.53. The highest BCUT2D eigenvalue weighted by atomic mass is 35.5. The molecular formula is C7H8ClNS.